The van der Waals surface area contributed by atoms with Gasteiger partial charge in [0.2, 0.25) is 20.2 Å². The van der Waals surface area contributed by atoms with Crippen molar-refractivity contribution in [1.29, 1.82) is 5.41 Å². The first kappa shape index (κ1) is 23.8. The lowest BCUT2D eigenvalue weighted by Crippen LogP contribution is -2.45. The number of nitrogens with one attached hydrogen (secondary N) is 1. The predicted molar refractivity (Wildman–Crippen MR) is 140 cm³/mol. The Bertz CT molecular complexity index is 1600. The number of amides is 1. The van der Waals surface area contributed by atoms with Crippen LogP contribution in [-0.4, -0.2) is 59.9 Å². The lowest BCUT2D eigenvalue weighted by Gasteiger charge is -2.23. The summed E-state index contributed by atoms with van der Waals surface area (Å²) in [5.41, 5.74) is 1.59. The summed E-state index contributed by atoms with van der Waals surface area (Å²) in [6.07, 6.45) is 4.43. The van der Waals surface area contributed by atoms with Gasteiger partial charge >= 0.3 is 0 Å². The smallest absolute Gasteiger partial charge is 0.283 e. The van der Waals surface area contributed by atoms with Crippen LogP contribution >= 0.6 is 11.9 Å². The van der Waals surface area contributed by atoms with Crippen molar-refractivity contribution in [1.82, 2.24) is 9.47 Å². The highest BCUT2D eigenvalue weighted by molar-refractivity contribution is 8.16. The number of aromatic nitrogens is 1. The summed E-state index contributed by atoms with van der Waals surface area (Å²) in [5, 5.41) is 9.19. The molecular formula is C24H21N5O5S2. The molecule has 2 aliphatic rings. The van der Waals surface area contributed by atoms with Gasteiger partial charge in [-0.3, -0.25) is 10.2 Å². The lowest BCUT2D eigenvalue weighted by molar-refractivity contribution is -0.114. The Labute approximate surface area is 211 Å². The summed E-state index contributed by atoms with van der Waals surface area (Å²) in [4.78, 5) is 17.8. The number of carbonyl (C=O) groups excluding carboxylic acids is 1. The average Bonchev–Trinajstić information content (AvgIpc) is 3.44. The second-order valence-corrected chi connectivity index (χ2v) is 10.6. The van der Waals surface area contributed by atoms with Gasteiger partial charge in [-0.15, -0.1) is 0 Å². The maximum atomic E-state index is 12.8. The highest BCUT2D eigenvalue weighted by Crippen LogP contribution is 2.31. The molecule has 0 fully saturated rings. The molecule has 5 rings (SSSR count). The fourth-order valence-corrected chi connectivity index (χ4v) is 5.81. The molecule has 10 nitrogen and oxygen atoms in total. The first-order chi connectivity index (χ1) is 17.3. The summed E-state index contributed by atoms with van der Waals surface area (Å²) in [7, 11) is -2.13. The summed E-state index contributed by atoms with van der Waals surface area (Å²) in [6.45, 7) is 0.889. The Hall–Kier alpha value is -3.90. The number of benzene rings is 2. The molecule has 0 unspecified atom stereocenters. The average molecular weight is 524 g/mol. The number of methoxy groups -OCH3 is 1. The second-order valence-electron chi connectivity index (χ2n) is 7.97. The van der Waals surface area contributed by atoms with E-state index in [1.807, 2.05) is 59.3 Å². The molecule has 2 aromatic carbocycles. The van der Waals surface area contributed by atoms with Gasteiger partial charge in [-0.1, -0.05) is 30.3 Å². The molecule has 0 spiro atoms. The second kappa shape index (κ2) is 9.28. The third-order valence-corrected chi connectivity index (χ3v) is 7.36. The highest BCUT2D eigenvalue weighted by Gasteiger charge is 2.41. The number of amidine groups is 3. The van der Waals surface area contributed by atoms with Gasteiger partial charge in [-0.25, -0.2) is 13.3 Å². The van der Waals surface area contributed by atoms with E-state index in [2.05, 4.69) is 9.39 Å². The number of fused-ring (bicyclic) bond motifs is 2. The molecule has 1 amide bonds. The van der Waals surface area contributed by atoms with Gasteiger partial charge < -0.3 is 14.0 Å². The van der Waals surface area contributed by atoms with Gasteiger partial charge in [0, 0.05) is 28.9 Å². The van der Waals surface area contributed by atoms with Crippen LogP contribution in [0.15, 0.2) is 69.7 Å². The zero-order chi connectivity index (χ0) is 25.4. The van der Waals surface area contributed by atoms with Crippen LogP contribution in [0.1, 0.15) is 5.56 Å². The molecule has 2 aliphatic heterocycles. The van der Waals surface area contributed by atoms with Crippen molar-refractivity contribution in [3.8, 4) is 11.5 Å². The minimum absolute atomic E-state index is 0.0224. The molecule has 184 valence electrons. The molecule has 3 heterocycles. The van der Waals surface area contributed by atoms with Crippen molar-refractivity contribution in [3.05, 3.63) is 65.9 Å². The fourth-order valence-electron chi connectivity index (χ4n) is 3.96. The van der Waals surface area contributed by atoms with Crippen molar-refractivity contribution in [2.45, 2.75) is 6.54 Å². The van der Waals surface area contributed by atoms with E-state index in [-0.39, 0.29) is 21.7 Å². The standard InChI is InChI=1S/C24H21N5O5S2/c1-33-19-9-5-6-10-20(19)34-12-11-28-14-15(16-7-3-4-8-18(16)28)13-17-21(25)29-23(26-22(17)30)35-27-24(29)36(2,31)32/h3-10,13-14,25H,11-12H2,1-2H3/b17-13-,25-21?. The van der Waals surface area contributed by atoms with Gasteiger partial charge in [0.1, 0.15) is 12.4 Å². The molecule has 0 saturated carbocycles. The number of nitrogens with zero attached hydrogens (tertiary/aromatic N) is 4. The number of rotatable bonds is 6. The summed E-state index contributed by atoms with van der Waals surface area (Å²) < 4.78 is 41.4. The zero-order valence-corrected chi connectivity index (χ0v) is 21.0. The molecule has 0 radical (unpaired) electrons. The summed E-state index contributed by atoms with van der Waals surface area (Å²) >= 11 is 0.762. The number of carbonyl (C=O) groups is 1. The quantitative estimate of drug-likeness (QED) is 0.388. The van der Waals surface area contributed by atoms with Gasteiger partial charge in [0.15, 0.2) is 11.5 Å². The molecule has 36 heavy (non-hydrogen) atoms. The Morgan fingerprint density at radius 3 is 2.58 bits per heavy atom. The maximum absolute atomic E-state index is 12.8. The fraction of sp³-hybridized carbons (Fsp3) is 0.167. The van der Waals surface area contributed by atoms with Crippen molar-refractivity contribution in [2.75, 3.05) is 20.0 Å². The van der Waals surface area contributed by atoms with Crippen LogP contribution in [0.25, 0.3) is 17.0 Å². The third kappa shape index (κ3) is 4.29. The molecule has 12 heteroatoms. The number of sulfone groups is 1. The van der Waals surface area contributed by atoms with E-state index < -0.39 is 15.7 Å². The number of hydrogen-bond acceptors (Lipinski definition) is 8. The zero-order valence-electron chi connectivity index (χ0n) is 19.3. The van der Waals surface area contributed by atoms with Crippen LogP contribution in [0.5, 0.6) is 11.5 Å². The van der Waals surface area contributed by atoms with Crippen molar-refractivity contribution in [2.24, 2.45) is 9.39 Å². The Morgan fingerprint density at radius 1 is 1.11 bits per heavy atom. The van der Waals surface area contributed by atoms with Gasteiger partial charge in [-0.05, 0) is 24.3 Å². The first-order valence-corrected chi connectivity index (χ1v) is 13.5. The molecule has 1 N–H and O–H groups in total. The van der Waals surface area contributed by atoms with Gasteiger partial charge in [0.05, 0.1) is 31.2 Å². The van der Waals surface area contributed by atoms with Crippen LogP contribution in [0.4, 0.5) is 0 Å². The van der Waals surface area contributed by atoms with Crippen molar-refractivity contribution < 1.29 is 22.7 Å². The largest absolute Gasteiger partial charge is 0.493 e. The minimum Gasteiger partial charge on any atom is -0.493 e. The topological polar surface area (TPSA) is 126 Å². The lowest BCUT2D eigenvalue weighted by atomic mass is 10.1. The SMILES string of the molecule is COc1ccccc1OCCn1cc(/C=C2/C(=N)N3C(=NC2=O)SN=C3S(C)(=O)=O)c2ccccc21. The predicted octanol–water partition coefficient (Wildman–Crippen LogP) is 3.35. The number of hydrogen-bond donors (Lipinski definition) is 1. The Morgan fingerprint density at radius 2 is 1.83 bits per heavy atom. The Balaban J connectivity index is 1.46. The van der Waals surface area contributed by atoms with Crippen LogP contribution in [0.3, 0.4) is 0 Å². The number of ether oxygens (including phenoxy) is 2. The molecule has 0 bridgehead atoms. The van der Waals surface area contributed by atoms with Crippen molar-refractivity contribution in [3.63, 3.8) is 0 Å². The summed E-state index contributed by atoms with van der Waals surface area (Å²) in [6, 6.07) is 15.1. The molecular weight excluding hydrogens is 502 g/mol. The van der Waals surface area contributed by atoms with Crippen LogP contribution in [0, 0.1) is 5.41 Å². The monoisotopic (exact) mass is 523 g/mol. The third-order valence-electron chi connectivity index (χ3n) is 5.60. The van der Waals surface area contributed by atoms with Crippen molar-refractivity contribution >= 4 is 60.8 Å². The first-order valence-electron chi connectivity index (χ1n) is 10.8. The van der Waals surface area contributed by atoms with E-state index >= 15 is 0 Å². The normalized spacial score (nSPS) is 16.8. The van der Waals surface area contributed by atoms with E-state index in [1.165, 1.54) is 0 Å². The molecule has 1 aromatic heterocycles. The van der Waals surface area contributed by atoms with Crippen LogP contribution in [-0.2, 0) is 21.2 Å². The minimum atomic E-state index is -3.72. The van der Waals surface area contributed by atoms with Gasteiger partial charge in [-0.2, -0.15) is 9.39 Å². The summed E-state index contributed by atoms with van der Waals surface area (Å²) in [5.74, 6) is 0.378. The number of aliphatic imine (C=N–C) groups is 1. The molecule has 0 saturated heterocycles. The van der Waals surface area contributed by atoms with E-state index in [0.29, 0.717) is 30.2 Å². The maximum Gasteiger partial charge on any atom is 0.283 e. The van der Waals surface area contributed by atoms with E-state index in [4.69, 9.17) is 14.9 Å². The van der Waals surface area contributed by atoms with E-state index in [1.54, 1.807) is 13.2 Å². The van der Waals surface area contributed by atoms with E-state index in [0.717, 1.165) is 34.0 Å². The molecule has 0 aliphatic carbocycles. The highest BCUT2D eigenvalue weighted by atomic mass is 32.2. The van der Waals surface area contributed by atoms with E-state index in [9.17, 15) is 13.2 Å². The van der Waals surface area contributed by atoms with Crippen LogP contribution in [0.2, 0.25) is 0 Å². The molecule has 3 aromatic rings. The Kier molecular flexibility index (Phi) is 6.14. The molecule has 0 atom stereocenters. The van der Waals surface area contributed by atoms with Gasteiger partial charge in [0.25, 0.3) is 5.91 Å². The number of para-hydroxylation sites is 3. The van der Waals surface area contributed by atoms with Crippen LogP contribution < -0.4 is 9.47 Å².